The fourth-order valence-corrected chi connectivity index (χ4v) is 1.89. The lowest BCUT2D eigenvalue weighted by molar-refractivity contribution is 0.111. The smallest absolute Gasteiger partial charge is 0.416 e. The van der Waals surface area contributed by atoms with E-state index in [1.807, 2.05) is 14.1 Å². The monoisotopic (exact) mass is 238 g/mol. The maximum Gasteiger partial charge on any atom is 0.416 e. The summed E-state index contributed by atoms with van der Waals surface area (Å²) >= 11 is 0. The molecule has 0 radical (unpaired) electrons. The lowest BCUT2D eigenvalue weighted by atomic mass is 10.1. The van der Waals surface area contributed by atoms with Crippen LogP contribution in [0.25, 0.3) is 0 Å². The zero-order valence-corrected chi connectivity index (χ0v) is 10.4. The summed E-state index contributed by atoms with van der Waals surface area (Å²) in [4.78, 5) is 24.0. The second-order valence-corrected chi connectivity index (χ2v) is 4.34. The van der Waals surface area contributed by atoms with Crippen LogP contribution in [0.15, 0.2) is 6.07 Å². The number of aldehydes is 1. The Morgan fingerprint density at radius 3 is 2.65 bits per heavy atom. The highest BCUT2D eigenvalue weighted by Gasteiger charge is 2.16. The van der Waals surface area contributed by atoms with Crippen molar-refractivity contribution in [2.75, 3.05) is 20.6 Å². The highest BCUT2D eigenvalue weighted by molar-refractivity contribution is 5.84. The first-order valence-electron chi connectivity index (χ1n) is 5.51. The van der Waals surface area contributed by atoms with E-state index in [0.29, 0.717) is 18.4 Å². The molecule has 0 fully saturated rings. The molecule has 5 nitrogen and oxygen atoms in total. The van der Waals surface area contributed by atoms with Gasteiger partial charge in [-0.15, -0.1) is 0 Å². The second kappa shape index (κ2) is 5.63. The molecule has 0 unspecified atom stereocenters. The first-order chi connectivity index (χ1) is 7.97. The van der Waals surface area contributed by atoms with Gasteiger partial charge in [0.05, 0.1) is 5.69 Å². The molecular formula is C12H18N2O3. The lowest BCUT2D eigenvalue weighted by Crippen LogP contribution is -2.15. The average molecular weight is 238 g/mol. The van der Waals surface area contributed by atoms with Crippen molar-refractivity contribution in [1.82, 2.24) is 9.47 Å². The van der Waals surface area contributed by atoms with Crippen LogP contribution < -0.4 is 0 Å². The summed E-state index contributed by atoms with van der Waals surface area (Å²) in [6.45, 7) is 2.60. The van der Waals surface area contributed by atoms with E-state index in [2.05, 4.69) is 4.90 Å². The minimum Gasteiger partial charge on any atom is -0.464 e. The van der Waals surface area contributed by atoms with Crippen molar-refractivity contribution in [2.45, 2.75) is 19.8 Å². The van der Waals surface area contributed by atoms with Crippen LogP contribution in [0.5, 0.6) is 0 Å². The molecule has 1 N–H and O–H groups in total. The summed E-state index contributed by atoms with van der Waals surface area (Å²) in [5, 5.41) is 9.00. The molecule has 0 saturated heterocycles. The lowest BCUT2D eigenvalue weighted by Gasteiger charge is -2.08. The van der Waals surface area contributed by atoms with Crippen LogP contribution in [0.3, 0.4) is 0 Å². The first-order valence-corrected chi connectivity index (χ1v) is 5.51. The molecule has 0 bridgehead atoms. The third-order valence-corrected chi connectivity index (χ3v) is 2.66. The largest absolute Gasteiger partial charge is 0.464 e. The van der Waals surface area contributed by atoms with Gasteiger partial charge in [0.1, 0.15) is 0 Å². The summed E-state index contributed by atoms with van der Waals surface area (Å²) in [5.74, 6) is 0. The van der Waals surface area contributed by atoms with Gasteiger partial charge >= 0.3 is 6.09 Å². The highest BCUT2D eigenvalue weighted by atomic mass is 16.4. The number of aromatic nitrogens is 1. The predicted octanol–water partition coefficient (Wildman–Crippen LogP) is 1.63. The Bertz CT molecular complexity index is 422. The number of carbonyl (C=O) groups excluding carboxylic acids is 1. The van der Waals surface area contributed by atoms with Crippen LogP contribution >= 0.6 is 0 Å². The summed E-state index contributed by atoms with van der Waals surface area (Å²) in [7, 11) is 3.96. The van der Waals surface area contributed by atoms with Gasteiger partial charge in [0.2, 0.25) is 0 Å². The van der Waals surface area contributed by atoms with Crippen LogP contribution in [0.1, 0.15) is 28.2 Å². The van der Waals surface area contributed by atoms with Gasteiger partial charge in [0.15, 0.2) is 6.29 Å². The van der Waals surface area contributed by atoms with Crippen molar-refractivity contribution >= 4 is 12.4 Å². The van der Waals surface area contributed by atoms with Crippen molar-refractivity contribution in [1.29, 1.82) is 0 Å². The molecule has 0 aliphatic carbocycles. The number of carboxylic acid groups (broad SMARTS) is 1. The average Bonchev–Trinajstić information content (AvgIpc) is 2.53. The van der Waals surface area contributed by atoms with E-state index in [0.717, 1.165) is 23.1 Å². The van der Waals surface area contributed by atoms with E-state index in [4.69, 9.17) is 5.11 Å². The number of rotatable bonds is 5. The van der Waals surface area contributed by atoms with Gasteiger partial charge in [0, 0.05) is 5.69 Å². The van der Waals surface area contributed by atoms with Gasteiger partial charge in [0.25, 0.3) is 0 Å². The second-order valence-electron chi connectivity index (χ2n) is 4.34. The molecule has 1 aromatic rings. The van der Waals surface area contributed by atoms with Crippen LogP contribution in [0.2, 0.25) is 0 Å². The van der Waals surface area contributed by atoms with Crippen molar-refractivity contribution in [2.24, 2.45) is 0 Å². The molecule has 0 aromatic carbocycles. The fraction of sp³-hybridized carbons (Fsp3) is 0.500. The number of aryl methyl sites for hydroxylation is 2. The molecule has 0 spiro atoms. The van der Waals surface area contributed by atoms with Gasteiger partial charge in [-0.1, -0.05) is 0 Å². The third-order valence-electron chi connectivity index (χ3n) is 2.66. The Morgan fingerprint density at radius 2 is 2.18 bits per heavy atom. The zero-order chi connectivity index (χ0) is 13.0. The van der Waals surface area contributed by atoms with Gasteiger partial charge < -0.3 is 10.0 Å². The first kappa shape index (κ1) is 13.4. The number of nitrogens with zero attached hydrogens (tertiary/aromatic N) is 2. The Hall–Kier alpha value is -1.62. The van der Waals surface area contributed by atoms with Gasteiger partial charge in [-0.25, -0.2) is 9.36 Å². The molecule has 0 aliphatic heterocycles. The topological polar surface area (TPSA) is 62.5 Å². The van der Waals surface area contributed by atoms with Gasteiger partial charge in [-0.05, 0) is 52.0 Å². The minimum absolute atomic E-state index is 0.258. The van der Waals surface area contributed by atoms with E-state index in [1.165, 1.54) is 0 Å². The Labute approximate surface area is 101 Å². The molecule has 0 amide bonds. The standard InChI is InChI=1S/C12H18N2O3/c1-9-7-10(5-4-6-13(2)3)11(8-15)14(9)12(16)17/h7-8H,4-6H2,1-3H3,(H,16,17). The van der Waals surface area contributed by atoms with Crippen molar-refractivity contribution in [3.63, 3.8) is 0 Å². The molecule has 17 heavy (non-hydrogen) atoms. The normalized spacial score (nSPS) is 10.8. The van der Waals surface area contributed by atoms with E-state index in [9.17, 15) is 9.59 Å². The molecule has 5 heteroatoms. The molecule has 1 heterocycles. The van der Waals surface area contributed by atoms with Crippen LogP contribution in [-0.2, 0) is 6.42 Å². The highest BCUT2D eigenvalue weighted by Crippen LogP contribution is 2.16. The molecule has 0 saturated carbocycles. The molecule has 1 aromatic heterocycles. The number of hydrogen-bond acceptors (Lipinski definition) is 3. The van der Waals surface area contributed by atoms with Crippen molar-refractivity contribution in [3.8, 4) is 0 Å². The molecule has 1 rings (SSSR count). The van der Waals surface area contributed by atoms with Gasteiger partial charge in [-0.2, -0.15) is 0 Å². The molecule has 94 valence electrons. The number of hydrogen-bond donors (Lipinski definition) is 1. The summed E-state index contributed by atoms with van der Waals surface area (Å²) in [5.41, 5.74) is 1.65. The maximum atomic E-state index is 11.0. The Morgan fingerprint density at radius 1 is 1.53 bits per heavy atom. The Kier molecular flexibility index (Phi) is 4.45. The van der Waals surface area contributed by atoms with Crippen LogP contribution in [0, 0.1) is 6.92 Å². The van der Waals surface area contributed by atoms with Crippen LogP contribution in [0.4, 0.5) is 4.79 Å². The minimum atomic E-state index is -1.11. The van der Waals surface area contributed by atoms with Crippen molar-refractivity contribution in [3.05, 3.63) is 23.0 Å². The van der Waals surface area contributed by atoms with E-state index in [-0.39, 0.29) is 5.69 Å². The maximum absolute atomic E-state index is 11.0. The Balaban J connectivity index is 2.89. The zero-order valence-electron chi connectivity index (χ0n) is 10.4. The summed E-state index contributed by atoms with van der Waals surface area (Å²) in [6.07, 6.45) is 1.12. The van der Waals surface area contributed by atoms with E-state index >= 15 is 0 Å². The van der Waals surface area contributed by atoms with Crippen LogP contribution in [-0.4, -0.2) is 47.6 Å². The van der Waals surface area contributed by atoms with E-state index < -0.39 is 6.09 Å². The SMILES string of the molecule is Cc1cc(CCCN(C)C)c(C=O)n1C(=O)O. The third kappa shape index (κ3) is 3.17. The summed E-state index contributed by atoms with van der Waals surface area (Å²) < 4.78 is 1.04. The van der Waals surface area contributed by atoms with Gasteiger partial charge in [-0.3, -0.25) is 4.79 Å². The quantitative estimate of drug-likeness (QED) is 0.792. The molecule has 0 atom stereocenters. The fourth-order valence-electron chi connectivity index (χ4n) is 1.89. The summed E-state index contributed by atoms with van der Waals surface area (Å²) in [6, 6.07) is 1.77. The number of carbonyl (C=O) groups is 2. The predicted molar refractivity (Wildman–Crippen MR) is 64.9 cm³/mol. The molecule has 0 aliphatic rings. The molecular weight excluding hydrogens is 220 g/mol. The van der Waals surface area contributed by atoms with E-state index in [1.54, 1.807) is 13.0 Å². The van der Waals surface area contributed by atoms with Crippen molar-refractivity contribution < 1.29 is 14.7 Å².